The van der Waals surface area contributed by atoms with Gasteiger partial charge in [-0.3, -0.25) is 9.59 Å². The zero-order chi connectivity index (χ0) is 20.7. The monoisotopic (exact) mass is 428 g/mol. The van der Waals surface area contributed by atoms with Crippen LogP contribution < -0.4 is 10.2 Å². The summed E-state index contributed by atoms with van der Waals surface area (Å²) < 4.78 is 37.4. The molecule has 0 fully saturated rings. The predicted octanol–water partition coefficient (Wildman–Crippen LogP) is 5.21. The van der Waals surface area contributed by atoms with Gasteiger partial charge in [-0.25, -0.2) is 0 Å². The first-order valence-electron chi connectivity index (χ1n) is 8.36. The molecule has 28 heavy (non-hydrogen) atoms. The van der Waals surface area contributed by atoms with E-state index < -0.39 is 28.3 Å². The molecule has 1 N–H and O–H groups in total. The number of para-hydroxylation sites is 1. The number of halogens is 4. The highest BCUT2D eigenvalue weighted by Crippen LogP contribution is 2.46. The number of carbonyl (C=O) groups excluding carboxylic acids is 2. The molecule has 0 saturated heterocycles. The zero-order valence-electron chi connectivity index (χ0n) is 14.9. The van der Waals surface area contributed by atoms with Crippen molar-refractivity contribution in [3.8, 4) is 0 Å². The topological polar surface area (TPSA) is 49.4 Å². The van der Waals surface area contributed by atoms with Crippen LogP contribution in [0.15, 0.2) is 47.4 Å². The third-order valence-electron chi connectivity index (χ3n) is 4.41. The fourth-order valence-electron chi connectivity index (χ4n) is 2.89. The number of carbonyl (C=O) groups is 2. The van der Waals surface area contributed by atoms with Crippen LogP contribution in [0.5, 0.6) is 0 Å². The molecule has 1 unspecified atom stereocenters. The van der Waals surface area contributed by atoms with Crippen molar-refractivity contribution in [2.45, 2.75) is 29.7 Å². The van der Waals surface area contributed by atoms with Crippen molar-refractivity contribution in [2.75, 3.05) is 16.8 Å². The lowest BCUT2D eigenvalue weighted by Gasteiger charge is -2.38. The van der Waals surface area contributed by atoms with Crippen molar-refractivity contribution in [2.24, 2.45) is 0 Å². The van der Waals surface area contributed by atoms with Crippen molar-refractivity contribution < 1.29 is 22.8 Å². The van der Waals surface area contributed by atoms with Gasteiger partial charge in [0.25, 0.3) is 5.91 Å². The zero-order valence-corrected chi connectivity index (χ0v) is 16.5. The minimum atomic E-state index is -4.58. The molecule has 2 aromatic rings. The van der Waals surface area contributed by atoms with E-state index in [1.165, 1.54) is 11.8 Å². The van der Waals surface area contributed by atoms with Crippen LogP contribution in [0.25, 0.3) is 0 Å². The van der Waals surface area contributed by atoms with Crippen molar-refractivity contribution in [3.63, 3.8) is 0 Å². The Morgan fingerprint density at radius 3 is 2.57 bits per heavy atom. The number of thioether (sulfide) groups is 1. The number of fused-ring (bicyclic) bond motifs is 1. The van der Waals surface area contributed by atoms with Gasteiger partial charge in [0.15, 0.2) is 4.75 Å². The summed E-state index contributed by atoms with van der Waals surface area (Å²) in [7, 11) is 0. The molecule has 0 aromatic heterocycles. The summed E-state index contributed by atoms with van der Waals surface area (Å²) in [6.45, 7) is 3.59. The van der Waals surface area contributed by atoms with E-state index in [1.807, 2.05) is 0 Å². The van der Waals surface area contributed by atoms with Crippen molar-refractivity contribution >= 4 is 46.6 Å². The molecule has 4 nitrogen and oxygen atoms in total. The van der Waals surface area contributed by atoms with E-state index in [-0.39, 0.29) is 10.7 Å². The average molecular weight is 429 g/mol. The summed E-state index contributed by atoms with van der Waals surface area (Å²) in [5.41, 5.74) is -0.444. The molecule has 0 saturated carbocycles. The summed E-state index contributed by atoms with van der Waals surface area (Å²) in [5.74, 6) is -1.18. The Kier molecular flexibility index (Phi) is 5.38. The van der Waals surface area contributed by atoms with E-state index in [0.717, 1.165) is 34.9 Å². The fraction of sp³-hybridized carbons (Fsp3) is 0.263. The quantitative estimate of drug-likeness (QED) is 0.682. The Bertz CT molecular complexity index is 951. The lowest BCUT2D eigenvalue weighted by Crippen LogP contribution is -2.54. The summed E-state index contributed by atoms with van der Waals surface area (Å²) in [6, 6.07) is 9.80. The van der Waals surface area contributed by atoms with Gasteiger partial charge in [-0.15, -0.1) is 0 Å². The van der Waals surface area contributed by atoms with Crippen molar-refractivity contribution in [1.82, 2.24) is 0 Å². The van der Waals surface area contributed by atoms with Gasteiger partial charge in [-0.1, -0.05) is 35.5 Å². The first-order valence-corrected chi connectivity index (χ1v) is 9.55. The number of rotatable bonds is 3. The van der Waals surface area contributed by atoms with E-state index in [9.17, 15) is 22.8 Å². The van der Waals surface area contributed by atoms with E-state index in [4.69, 9.17) is 11.6 Å². The lowest BCUT2D eigenvalue weighted by molar-refractivity contribution is -0.137. The normalized spacial score (nSPS) is 19.4. The molecule has 9 heteroatoms. The summed E-state index contributed by atoms with van der Waals surface area (Å²) in [4.78, 5) is 28.2. The van der Waals surface area contributed by atoms with Crippen molar-refractivity contribution in [1.29, 1.82) is 0 Å². The van der Waals surface area contributed by atoms with Crippen LogP contribution in [0.3, 0.4) is 0 Å². The third kappa shape index (κ3) is 3.58. The maximum atomic E-state index is 13.0. The molecule has 2 aromatic carbocycles. The number of alkyl halides is 3. The van der Waals surface area contributed by atoms with E-state index in [1.54, 1.807) is 31.2 Å². The van der Waals surface area contributed by atoms with Crippen LogP contribution in [0.2, 0.25) is 5.02 Å². The van der Waals surface area contributed by atoms with Crippen LogP contribution in [0, 0.1) is 0 Å². The van der Waals surface area contributed by atoms with Gasteiger partial charge in [-0.2, -0.15) is 13.2 Å². The van der Waals surface area contributed by atoms with Gasteiger partial charge >= 0.3 is 6.18 Å². The Balaban J connectivity index is 1.96. The number of nitrogens with one attached hydrogen (secondary N) is 1. The van der Waals surface area contributed by atoms with E-state index >= 15 is 0 Å². The molecule has 148 valence electrons. The molecule has 0 aliphatic carbocycles. The highest BCUT2D eigenvalue weighted by molar-refractivity contribution is 8.02. The molecule has 0 bridgehead atoms. The summed E-state index contributed by atoms with van der Waals surface area (Å²) >= 11 is 7.02. The third-order valence-corrected chi connectivity index (χ3v) is 6.08. The van der Waals surface area contributed by atoms with Gasteiger partial charge in [0.2, 0.25) is 5.91 Å². The van der Waals surface area contributed by atoms with Gasteiger partial charge in [0, 0.05) is 11.4 Å². The summed E-state index contributed by atoms with van der Waals surface area (Å²) in [5, 5.41) is 2.35. The average Bonchev–Trinajstić information content (AvgIpc) is 2.63. The molecule has 2 amide bonds. The highest BCUT2D eigenvalue weighted by atomic mass is 35.5. The number of benzene rings is 2. The maximum absolute atomic E-state index is 13.0. The number of hydrogen-bond donors (Lipinski definition) is 1. The summed E-state index contributed by atoms with van der Waals surface area (Å²) in [6.07, 6.45) is -4.58. The van der Waals surface area contributed by atoms with Crippen LogP contribution in [0.1, 0.15) is 19.4 Å². The molecule has 1 heterocycles. The number of amides is 2. The van der Waals surface area contributed by atoms with Gasteiger partial charge in [0.05, 0.1) is 22.0 Å². The van der Waals surface area contributed by atoms with Crippen LogP contribution in [0.4, 0.5) is 24.5 Å². The van der Waals surface area contributed by atoms with Crippen LogP contribution >= 0.6 is 23.4 Å². The molecule has 1 aliphatic rings. The highest BCUT2D eigenvalue weighted by Gasteiger charge is 2.49. The fourth-order valence-corrected chi connectivity index (χ4v) is 4.27. The molecular weight excluding hydrogens is 413 g/mol. The van der Waals surface area contributed by atoms with Gasteiger partial charge in [0.1, 0.15) is 0 Å². The minimum absolute atomic E-state index is 0.0500. The van der Waals surface area contributed by atoms with Gasteiger partial charge < -0.3 is 10.2 Å². The Labute approximate surface area is 169 Å². The van der Waals surface area contributed by atoms with E-state index in [0.29, 0.717) is 12.2 Å². The second-order valence-electron chi connectivity index (χ2n) is 6.30. The predicted molar refractivity (Wildman–Crippen MR) is 104 cm³/mol. The van der Waals surface area contributed by atoms with Crippen LogP contribution in [-0.2, 0) is 15.8 Å². The Hall–Kier alpha value is -2.19. The molecule has 0 spiro atoms. The standard InChI is InChI=1S/C19H16ClF3N2O2S/c1-3-25-14-6-4-5-7-15(14)28-18(2,17(25)27)16(26)24-13-10-11(19(21,22)23)8-9-12(13)20/h4-10H,3H2,1-2H3,(H,24,26). The van der Waals surface area contributed by atoms with Crippen LogP contribution in [-0.4, -0.2) is 23.1 Å². The maximum Gasteiger partial charge on any atom is 0.416 e. The van der Waals surface area contributed by atoms with E-state index in [2.05, 4.69) is 5.32 Å². The Morgan fingerprint density at radius 2 is 1.93 bits per heavy atom. The van der Waals surface area contributed by atoms with Gasteiger partial charge in [-0.05, 0) is 44.2 Å². The number of hydrogen-bond acceptors (Lipinski definition) is 3. The largest absolute Gasteiger partial charge is 0.416 e. The smallest absolute Gasteiger partial charge is 0.323 e. The second kappa shape index (κ2) is 7.33. The van der Waals surface area contributed by atoms with Crippen molar-refractivity contribution in [3.05, 3.63) is 53.1 Å². The molecule has 1 aliphatic heterocycles. The first kappa shape index (κ1) is 20.5. The molecule has 3 rings (SSSR count). The SMILES string of the molecule is CCN1C(=O)C(C)(C(=O)Nc2cc(C(F)(F)F)ccc2Cl)Sc2ccccc21. The minimum Gasteiger partial charge on any atom is -0.323 e. The molecular formula is C19H16ClF3N2O2S. The number of nitrogens with zero attached hydrogens (tertiary/aromatic N) is 1. The first-order chi connectivity index (χ1) is 13.1. The lowest BCUT2D eigenvalue weighted by atomic mass is 10.1. The molecule has 1 atom stereocenters. The Morgan fingerprint density at radius 1 is 1.25 bits per heavy atom. The second-order valence-corrected chi connectivity index (χ2v) is 8.17. The molecule has 0 radical (unpaired) electrons. The number of anilines is 2.